The van der Waals surface area contributed by atoms with Crippen molar-refractivity contribution in [2.45, 2.75) is 32.5 Å². The molecule has 0 aliphatic heterocycles. The van der Waals surface area contributed by atoms with Crippen LogP contribution < -0.4 is 0 Å². The Bertz CT molecular complexity index is 186. The highest BCUT2D eigenvalue weighted by molar-refractivity contribution is 6.77. The Morgan fingerprint density at radius 3 is 1.57 bits per heavy atom. The fourth-order valence-corrected chi connectivity index (χ4v) is 2.95. The lowest BCUT2D eigenvalue weighted by atomic mass is 10.7. The summed E-state index contributed by atoms with van der Waals surface area (Å²) in [7, 11) is 6.84. The van der Waals surface area contributed by atoms with Crippen LogP contribution in [0.3, 0.4) is 0 Å². The number of hydrogen-bond donors (Lipinski definition) is 0. The zero-order valence-corrected chi connectivity index (χ0v) is 11.8. The van der Waals surface area contributed by atoms with E-state index in [0.717, 1.165) is 5.96 Å². The van der Waals surface area contributed by atoms with Crippen LogP contribution in [0.25, 0.3) is 0 Å². The van der Waals surface area contributed by atoms with E-state index in [1.807, 2.05) is 0 Å². The topological polar surface area (TPSA) is 18.8 Å². The van der Waals surface area contributed by atoms with Crippen LogP contribution in [-0.2, 0) is 0 Å². The predicted molar refractivity (Wildman–Crippen MR) is 67.4 cm³/mol. The van der Waals surface area contributed by atoms with Gasteiger partial charge in [0.1, 0.15) is 0 Å². The van der Waals surface area contributed by atoms with Crippen LogP contribution in [0, 0.1) is 0 Å². The van der Waals surface area contributed by atoms with E-state index in [1.165, 1.54) is 12.1 Å². The predicted octanol–water partition coefficient (Wildman–Crippen LogP) is 2.08. The zero-order valence-electron chi connectivity index (χ0n) is 10.8. The number of nitrogens with zero attached hydrogens (tertiary/aromatic N) is 3. The van der Waals surface area contributed by atoms with Gasteiger partial charge in [-0.1, -0.05) is 13.8 Å². The van der Waals surface area contributed by atoms with E-state index in [2.05, 4.69) is 58.4 Å². The minimum atomic E-state index is -1.38. The van der Waals surface area contributed by atoms with Crippen molar-refractivity contribution < 1.29 is 0 Å². The van der Waals surface area contributed by atoms with Gasteiger partial charge < -0.3 is 9.80 Å². The molecule has 0 unspecified atom stereocenters. The fraction of sp³-hybridized carbons (Fsp3) is 0.900. The van der Waals surface area contributed by atoms with Gasteiger partial charge in [0.15, 0.2) is 14.2 Å². The molecular formula is C10H25N3Si. The monoisotopic (exact) mass is 215 g/mol. The number of rotatable bonds is 3. The molecule has 14 heavy (non-hydrogen) atoms. The van der Waals surface area contributed by atoms with Gasteiger partial charge in [-0.05, 0) is 18.6 Å². The van der Waals surface area contributed by atoms with Crippen molar-refractivity contribution in [2.24, 2.45) is 4.66 Å². The second-order valence-electron chi connectivity index (χ2n) is 4.40. The van der Waals surface area contributed by atoms with E-state index in [9.17, 15) is 0 Å². The van der Waals surface area contributed by atoms with Crippen LogP contribution in [0.4, 0.5) is 0 Å². The first-order valence-electron chi connectivity index (χ1n) is 5.30. The highest BCUT2D eigenvalue weighted by atomic mass is 28.3. The summed E-state index contributed by atoms with van der Waals surface area (Å²) in [6.07, 6.45) is 0. The summed E-state index contributed by atoms with van der Waals surface area (Å²) in [5.41, 5.74) is 0. The smallest absolute Gasteiger partial charge is 0.186 e. The van der Waals surface area contributed by atoms with Crippen molar-refractivity contribution >= 4 is 14.2 Å². The van der Waals surface area contributed by atoms with Crippen LogP contribution in [-0.4, -0.2) is 52.2 Å². The van der Waals surface area contributed by atoms with Gasteiger partial charge in [0, 0.05) is 28.2 Å². The van der Waals surface area contributed by atoms with Crippen LogP contribution in [0.15, 0.2) is 4.66 Å². The molecule has 0 aromatic carbocycles. The van der Waals surface area contributed by atoms with Crippen molar-refractivity contribution in [1.82, 2.24) is 9.80 Å². The van der Waals surface area contributed by atoms with E-state index >= 15 is 0 Å². The molecule has 0 saturated heterocycles. The molecule has 0 rings (SSSR count). The van der Waals surface area contributed by atoms with Gasteiger partial charge in [-0.15, -0.1) is 0 Å². The molecule has 0 aromatic rings. The lowest BCUT2D eigenvalue weighted by molar-refractivity contribution is 0.485. The first-order chi connectivity index (χ1) is 6.36. The van der Waals surface area contributed by atoms with Gasteiger partial charge in [-0.3, -0.25) is 4.66 Å². The maximum absolute atomic E-state index is 4.95. The van der Waals surface area contributed by atoms with Crippen LogP contribution in [0.2, 0.25) is 18.6 Å². The SMILES string of the molecule is CC[Si](C)(CC)N=C(N(C)C)N(C)C. The van der Waals surface area contributed by atoms with E-state index in [-0.39, 0.29) is 0 Å². The average Bonchev–Trinajstić information content (AvgIpc) is 2.13. The summed E-state index contributed by atoms with van der Waals surface area (Å²) in [5.74, 6) is 1.10. The molecular weight excluding hydrogens is 190 g/mol. The quantitative estimate of drug-likeness (QED) is 0.408. The maximum atomic E-state index is 4.95. The maximum Gasteiger partial charge on any atom is 0.186 e. The van der Waals surface area contributed by atoms with Gasteiger partial charge in [0.05, 0.1) is 0 Å². The van der Waals surface area contributed by atoms with Crippen LogP contribution in [0.5, 0.6) is 0 Å². The van der Waals surface area contributed by atoms with E-state index in [1.54, 1.807) is 0 Å². The molecule has 0 atom stereocenters. The normalized spacial score (nSPS) is 11.1. The third-order valence-corrected chi connectivity index (χ3v) is 6.48. The molecule has 0 radical (unpaired) electrons. The van der Waals surface area contributed by atoms with Crippen molar-refractivity contribution in [3.63, 3.8) is 0 Å². The summed E-state index contributed by atoms with van der Waals surface area (Å²) in [6.45, 7) is 6.85. The molecule has 0 saturated carbocycles. The Labute approximate surface area is 89.9 Å². The minimum absolute atomic E-state index is 1.10. The molecule has 0 heterocycles. The molecule has 0 fully saturated rings. The summed E-state index contributed by atoms with van der Waals surface area (Å²) >= 11 is 0. The molecule has 3 nitrogen and oxygen atoms in total. The second kappa shape index (κ2) is 5.39. The van der Waals surface area contributed by atoms with Crippen LogP contribution >= 0.6 is 0 Å². The largest absolute Gasteiger partial charge is 0.350 e. The van der Waals surface area contributed by atoms with E-state index < -0.39 is 8.24 Å². The number of guanidine groups is 1. The third-order valence-electron chi connectivity index (χ3n) is 2.69. The lowest BCUT2D eigenvalue weighted by Crippen LogP contribution is -2.40. The average molecular weight is 215 g/mol. The fourth-order valence-electron chi connectivity index (χ4n) is 1.25. The molecule has 0 N–H and O–H groups in total. The van der Waals surface area contributed by atoms with Crippen molar-refractivity contribution in [3.8, 4) is 0 Å². The molecule has 0 aliphatic rings. The molecule has 4 heteroatoms. The Hall–Kier alpha value is -0.513. The van der Waals surface area contributed by atoms with Crippen molar-refractivity contribution in [1.29, 1.82) is 0 Å². The van der Waals surface area contributed by atoms with Gasteiger partial charge >= 0.3 is 0 Å². The Morgan fingerprint density at radius 2 is 1.36 bits per heavy atom. The summed E-state index contributed by atoms with van der Waals surface area (Å²) in [5, 5.41) is 0. The second-order valence-corrected chi connectivity index (χ2v) is 9.04. The van der Waals surface area contributed by atoms with Gasteiger partial charge in [-0.25, -0.2) is 0 Å². The molecule has 0 bridgehead atoms. The number of hydrogen-bond acceptors (Lipinski definition) is 1. The Kier molecular flexibility index (Phi) is 5.19. The van der Waals surface area contributed by atoms with Gasteiger partial charge in [-0.2, -0.15) is 0 Å². The molecule has 84 valence electrons. The molecule has 0 amide bonds. The van der Waals surface area contributed by atoms with Gasteiger partial charge in [0.25, 0.3) is 0 Å². The minimum Gasteiger partial charge on any atom is -0.350 e. The standard InChI is InChI=1S/C10H25N3Si/c1-8-14(7,9-2)11-10(12(3)4)13(5)6/h8-9H2,1-7H3. The first kappa shape index (κ1) is 13.5. The molecule has 0 spiro atoms. The highest BCUT2D eigenvalue weighted by Crippen LogP contribution is 2.16. The summed E-state index contributed by atoms with van der Waals surface area (Å²) in [6, 6.07) is 2.43. The van der Waals surface area contributed by atoms with Crippen molar-refractivity contribution in [3.05, 3.63) is 0 Å². The Balaban J connectivity index is 4.88. The summed E-state index contributed by atoms with van der Waals surface area (Å²) < 4.78 is 4.95. The lowest BCUT2D eigenvalue weighted by Gasteiger charge is -2.28. The van der Waals surface area contributed by atoms with Gasteiger partial charge in [0.2, 0.25) is 0 Å². The zero-order chi connectivity index (χ0) is 11.4. The van der Waals surface area contributed by atoms with Crippen molar-refractivity contribution in [2.75, 3.05) is 28.2 Å². The van der Waals surface area contributed by atoms with E-state index in [4.69, 9.17) is 4.66 Å². The molecule has 0 aromatic heterocycles. The first-order valence-corrected chi connectivity index (χ1v) is 8.17. The summed E-state index contributed by atoms with van der Waals surface area (Å²) in [4.78, 5) is 4.19. The highest BCUT2D eigenvalue weighted by Gasteiger charge is 2.24. The van der Waals surface area contributed by atoms with E-state index in [0.29, 0.717) is 0 Å². The van der Waals surface area contributed by atoms with Crippen LogP contribution in [0.1, 0.15) is 13.8 Å². The third kappa shape index (κ3) is 3.70. The Morgan fingerprint density at radius 1 is 1.00 bits per heavy atom. The molecule has 0 aliphatic carbocycles.